The summed E-state index contributed by atoms with van der Waals surface area (Å²) in [4.78, 5) is 4.80. The van der Waals surface area contributed by atoms with Crippen molar-refractivity contribution in [1.29, 1.82) is 0 Å². The maximum absolute atomic E-state index is 6.17. The molecule has 0 radical (unpaired) electrons. The molecule has 1 aromatic heterocycles. The first kappa shape index (κ1) is 12.8. The summed E-state index contributed by atoms with van der Waals surface area (Å²) in [6.07, 6.45) is 9.19. The number of thiazole rings is 1. The summed E-state index contributed by atoms with van der Waals surface area (Å²) in [7, 11) is 0. The summed E-state index contributed by atoms with van der Waals surface area (Å²) >= 11 is 1.90. The zero-order valence-electron chi connectivity index (χ0n) is 11.9. The van der Waals surface area contributed by atoms with Crippen LogP contribution in [0.15, 0.2) is 18.2 Å². The van der Waals surface area contributed by atoms with Gasteiger partial charge in [0.25, 0.3) is 0 Å². The Bertz CT molecular complexity index is 621. The van der Waals surface area contributed by atoms with Gasteiger partial charge in [-0.1, -0.05) is 25.3 Å². The minimum atomic E-state index is 0.232. The van der Waals surface area contributed by atoms with Gasteiger partial charge in [-0.3, -0.25) is 0 Å². The molecule has 0 spiro atoms. The van der Waals surface area contributed by atoms with E-state index in [1.807, 2.05) is 11.3 Å². The van der Waals surface area contributed by atoms with E-state index in [1.54, 1.807) is 0 Å². The molecule has 2 N–H and O–H groups in total. The monoisotopic (exact) mass is 286 g/mol. The van der Waals surface area contributed by atoms with E-state index in [2.05, 4.69) is 18.2 Å². The van der Waals surface area contributed by atoms with E-state index in [0.717, 1.165) is 12.5 Å². The number of hydrogen-bond donors (Lipinski definition) is 1. The molecule has 106 valence electrons. The molecule has 20 heavy (non-hydrogen) atoms. The molecule has 0 saturated heterocycles. The minimum Gasteiger partial charge on any atom is -0.330 e. The van der Waals surface area contributed by atoms with Crippen LogP contribution in [0.5, 0.6) is 0 Å². The first-order valence-corrected chi connectivity index (χ1v) is 8.73. The summed E-state index contributed by atoms with van der Waals surface area (Å²) in [5.74, 6) is 0.758. The van der Waals surface area contributed by atoms with Crippen molar-refractivity contribution in [3.8, 4) is 0 Å². The Morgan fingerprint density at radius 3 is 2.70 bits per heavy atom. The van der Waals surface area contributed by atoms with Crippen molar-refractivity contribution >= 4 is 21.6 Å². The average Bonchev–Trinajstić information content (AvgIpc) is 3.27. The standard InChI is InChI=1S/C17H22N2S/c18-11-17(8-2-1-3-9-17)13-6-7-14-15(10-13)20-16(19-14)12-4-5-12/h6-7,10,12H,1-5,8-9,11,18H2. The lowest BCUT2D eigenvalue weighted by Gasteiger charge is -2.36. The zero-order chi connectivity index (χ0) is 13.6. The predicted octanol–water partition coefficient (Wildman–Crippen LogP) is 4.33. The van der Waals surface area contributed by atoms with Gasteiger partial charge in [0.2, 0.25) is 0 Å². The molecule has 1 heterocycles. The third-order valence-electron chi connectivity index (χ3n) is 5.15. The van der Waals surface area contributed by atoms with E-state index >= 15 is 0 Å². The molecule has 3 heteroatoms. The van der Waals surface area contributed by atoms with Crippen LogP contribution in [-0.2, 0) is 5.41 Å². The number of nitrogens with zero attached hydrogens (tertiary/aromatic N) is 1. The van der Waals surface area contributed by atoms with Crippen LogP contribution >= 0.6 is 11.3 Å². The Balaban J connectivity index is 1.74. The molecule has 2 aliphatic rings. The highest BCUT2D eigenvalue weighted by molar-refractivity contribution is 7.18. The van der Waals surface area contributed by atoms with Gasteiger partial charge in [-0.25, -0.2) is 4.98 Å². The van der Waals surface area contributed by atoms with Crippen molar-refractivity contribution in [3.63, 3.8) is 0 Å². The molecule has 4 rings (SSSR count). The second-order valence-corrected chi connectivity index (χ2v) is 7.62. The second kappa shape index (κ2) is 4.81. The van der Waals surface area contributed by atoms with Gasteiger partial charge in [0.1, 0.15) is 0 Å². The van der Waals surface area contributed by atoms with Crippen LogP contribution in [-0.4, -0.2) is 11.5 Å². The molecular formula is C17H22N2S. The fraction of sp³-hybridized carbons (Fsp3) is 0.588. The third kappa shape index (κ3) is 2.08. The number of rotatable bonds is 3. The van der Waals surface area contributed by atoms with Crippen molar-refractivity contribution in [2.75, 3.05) is 6.54 Å². The highest BCUT2D eigenvalue weighted by Crippen LogP contribution is 2.44. The molecule has 0 bridgehead atoms. The Labute approximate surface area is 124 Å². The number of nitrogens with two attached hydrogens (primary N) is 1. The Kier molecular flexibility index (Phi) is 3.08. The summed E-state index contributed by atoms with van der Waals surface area (Å²) in [5.41, 5.74) is 9.04. The van der Waals surface area contributed by atoms with Crippen LogP contribution in [0.4, 0.5) is 0 Å². The van der Waals surface area contributed by atoms with E-state index in [4.69, 9.17) is 10.7 Å². The van der Waals surface area contributed by atoms with Gasteiger partial charge in [-0.2, -0.15) is 0 Å². The minimum absolute atomic E-state index is 0.232. The quantitative estimate of drug-likeness (QED) is 0.912. The normalized spacial score (nSPS) is 22.2. The molecule has 0 amide bonds. The van der Waals surface area contributed by atoms with Gasteiger partial charge in [-0.15, -0.1) is 11.3 Å². The number of aromatic nitrogens is 1. The Morgan fingerprint density at radius 1 is 1.20 bits per heavy atom. The van der Waals surface area contributed by atoms with Crippen LogP contribution in [0.25, 0.3) is 10.2 Å². The van der Waals surface area contributed by atoms with E-state index in [9.17, 15) is 0 Å². The van der Waals surface area contributed by atoms with Gasteiger partial charge in [0.15, 0.2) is 0 Å². The lowest BCUT2D eigenvalue weighted by atomic mass is 9.69. The summed E-state index contributed by atoms with van der Waals surface area (Å²) < 4.78 is 1.36. The summed E-state index contributed by atoms with van der Waals surface area (Å²) in [5, 5.41) is 1.35. The number of hydrogen-bond acceptors (Lipinski definition) is 3. The van der Waals surface area contributed by atoms with E-state index < -0.39 is 0 Å². The summed E-state index contributed by atoms with van der Waals surface area (Å²) in [6.45, 7) is 0.785. The van der Waals surface area contributed by atoms with Gasteiger partial charge >= 0.3 is 0 Å². The molecule has 2 aromatic rings. The molecule has 0 unspecified atom stereocenters. The fourth-order valence-electron chi connectivity index (χ4n) is 3.62. The van der Waals surface area contributed by atoms with Gasteiger partial charge in [-0.05, 0) is 43.4 Å². The van der Waals surface area contributed by atoms with E-state index in [0.29, 0.717) is 0 Å². The smallest absolute Gasteiger partial charge is 0.0969 e. The molecule has 2 fully saturated rings. The van der Waals surface area contributed by atoms with Crippen molar-refractivity contribution < 1.29 is 0 Å². The van der Waals surface area contributed by atoms with Crippen molar-refractivity contribution in [2.24, 2.45) is 5.73 Å². The first-order valence-electron chi connectivity index (χ1n) is 7.92. The lowest BCUT2D eigenvalue weighted by molar-refractivity contribution is 0.301. The van der Waals surface area contributed by atoms with E-state index in [-0.39, 0.29) is 5.41 Å². The highest BCUT2D eigenvalue weighted by Gasteiger charge is 2.33. The van der Waals surface area contributed by atoms with Crippen molar-refractivity contribution in [3.05, 3.63) is 28.8 Å². The van der Waals surface area contributed by atoms with Crippen LogP contribution in [0.2, 0.25) is 0 Å². The van der Waals surface area contributed by atoms with Gasteiger partial charge < -0.3 is 5.73 Å². The van der Waals surface area contributed by atoms with Gasteiger partial charge in [0, 0.05) is 17.9 Å². The topological polar surface area (TPSA) is 38.9 Å². The molecule has 2 saturated carbocycles. The zero-order valence-corrected chi connectivity index (χ0v) is 12.7. The van der Waals surface area contributed by atoms with Crippen molar-refractivity contribution in [1.82, 2.24) is 4.98 Å². The molecule has 0 atom stereocenters. The van der Waals surface area contributed by atoms with E-state index in [1.165, 1.54) is 65.7 Å². The number of fused-ring (bicyclic) bond motifs is 1. The number of benzene rings is 1. The maximum Gasteiger partial charge on any atom is 0.0969 e. The van der Waals surface area contributed by atoms with Crippen LogP contribution < -0.4 is 5.73 Å². The molecule has 2 nitrogen and oxygen atoms in total. The highest BCUT2D eigenvalue weighted by atomic mass is 32.1. The Hall–Kier alpha value is -0.930. The van der Waals surface area contributed by atoms with Crippen LogP contribution in [0.3, 0.4) is 0 Å². The second-order valence-electron chi connectivity index (χ2n) is 6.55. The average molecular weight is 286 g/mol. The van der Waals surface area contributed by atoms with Crippen molar-refractivity contribution in [2.45, 2.75) is 56.3 Å². The molecular weight excluding hydrogens is 264 g/mol. The molecule has 1 aromatic carbocycles. The van der Waals surface area contributed by atoms with Gasteiger partial charge in [0.05, 0.1) is 15.2 Å². The fourth-order valence-corrected chi connectivity index (χ4v) is 4.79. The first-order chi connectivity index (χ1) is 9.81. The SMILES string of the molecule is NCC1(c2ccc3nc(C4CC4)sc3c2)CCCCC1. The molecule has 0 aliphatic heterocycles. The maximum atomic E-state index is 6.17. The van der Waals surface area contributed by atoms with Crippen LogP contribution in [0, 0.1) is 0 Å². The lowest BCUT2D eigenvalue weighted by Crippen LogP contribution is -2.37. The Morgan fingerprint density at radius 2 is 2.00 bits per heavy atom. The third-order valence-corrected chi connectivity index (χ3v) is 6.33. The predicted molar refractivity (Wildman–Crippen MR) is 85.4 cm³/mol. The van der Waals surface area contributed by atoms with Crippen LogP contribution in [0.1, 0.15) is 61.4 Å². The molecule has 2 aliphatic carbocycles. The largest absolute Gasteiger partial charge is 0.330 e. The summed E-state index contributed by atoms with van der Waals surface area (Å²) in [6, 6.07) is 6.90.